The summed E-state index contributed by atoms with van der Waals surface area (Å²) in [5.41, 5.74) is 2.80. The number of fused-ring (bicyclic) bond motifs is 5. The standard InChI is InChI=1S/C21H32O/c1-14-5-7-17-18-8-6-15-13-16(22)9-10-20(15,3)21(18,4)12-11-19(14,17)2/h15,17-18H,1,5-13H2,2-4H3. The van der Waals surface area contributed by atoms with Gasteiger partial charge in [0.1, 0.15) is 5.78 Å². The van der Waals surface area contributed by atoms with Crippen molar-refractivity contribution in [3.8, 4) is 0 Å². The average molecular weight is 300 g/mol. The van der Waals surface area contributed by atoms with Crippen LogP contribution in [-0.2, 0) is 4.79 Å². The van der Waals surface area contributed by atoms with Gasteiger partial charge in [-0.3, -0.25) is 4.79 Å². The van der Waals surface area contributed by atoms with Gasteiger partial charge in [-0.05, 0) is 78.9 Å². The van der Waals surface area contributed by atoms with Crippen molar-refractivity contribution in [1.29, 1.82) is 0 Å². The van der Waals surface area contributed by atoms with Crippen LogP contribution in [0.1, 0.15) is 78.6 Å². The van der Waals surface area contributed by atoms with E-state index in [1.54, 1.807) is 0 Å². The molecule has 0 saturated heterocycles. The molecule has 4 aliphatic rings. The molecule has 4 saturated carbocycles. The van der Waals surface area contributed by atoms with Crippen LogP contribution in [-0.4, -0.2) is 5.78 Å². The first-order chi connectivity index (χ1) is 10.3. The maximum atomic E-state index is 12.0. The zero-order chi connectivity index (χ0) is 15.8. The van der Waals surface area contributed by atoms with E-state index >= 15 is 0 Å². The fourth-order valence-corrected chi connectivity index (χ4v) is 7.34. The molecule has 4 rings (SSSR count). The highest BCUT2D eigenvalue weighted by atomic mass is 16.1. The first-order valence-electron chi connectivity index (χ1n) is 9.51. The molecule has 122 valence electrons. The summed E-state index contributed by atoms with van der Waals surface area (Å²) in [7, 11) is 0. The highest BCUT2D eigenvalue weighted by Crippen LogP contribution is 2.72. The minimum Gasteiger partial charge on any atom is -0.300 e. The van der Waals surface area contributed by atoms with Crippen LogP contribution >= 0.6 is 0 Å². The Morgan fingerprint density at radius 3 is 2.45 bits per heavy atom. The molecule has 0 bridgehead atoms. The van der Waals surface area contributed by atoms with Gasteiger partial charge in [0.2, 0.25) is 0 Å². The van der Waals surface area contributed by atoms with Gasteiger partial charge in [0.25, 0.3) is 0 Å². The maximum absolute atomic E-state index is 12.0. The monoisotopic (exact) mass is 300 g/mol. The summed E-state index contributed by atoms with van der Waals surface area (Å²) in [6.45, 7) is 12.1. The summed E-state index contributed by atoms with van der Waals surface area (Å²) >= 11 is 0. The van der Waals surface area contributed by atoms with E-state index in [0.717, 1.165) is 31.1 Å². The van der Waals surface area contributed by atoms with Gasteiger partial charge in [-0.2, -0.15) is 0 Å². The molecule has 4 aliphatic carbocycles. The van der Waals surface area contributed by atoms with E-state index in [4.69, 9.17) is 0 Å². The fraction of sp³-hybridized carbons (Fsp3) is 0.857. The second kappa shape index (κ2) is 4.48. The normalized spacial score (nSPS) is 54.6. The van der Waals surface area contributed by atoms with Crippen LogP contribution < -0.4 is 0 Å². The summed E-state index contributed by atoms with van der Waals surface area (Å²) in [6.07, 6.45) is 10.8. The number of allylic oxidation sites excluding steroid dienone is 1. The molecule has 0 heterocycles. The van der Waals surface area contributed by atoms with E-state index in [1.807, 2.05) is 0 Å². The van der Waals surface area contributed by atoms with Crippen LogP contribution in [0.3, 0.4) is 0 Å². The Hall–Kier alpha value is -0.590. The third-order valence-corrected chi connectivity index (χ3v) is 9.28. The molecule has 0 aromatic rings. The molecular weight excluding hydrogens is 268 g/mol. The first-order valence-corrected chi connectivity index (χ1v) is 9.51. The van der Waals surface area contributed by atoms with Crippen LogP contribution in [0.2, 0.25) is 0 Å². The molecule has 4 fully saturated rings. The minimum absolute atomic E-state index is 0.398. The number of carbonyl (C=O) groups excluding carboxylic acids is 1. The summed E-state index contributed by atoms with van der Waals surface area (Å²) in [6, 6.07) is 0. The molecule has 6 unspecified atom stereocenters. The predicted molar refractivity (Wildman–Crippen MR) is 90.5 cm³/mol. The van der Waals surface area contributed by atoms with Crippen LogP contribution in [0.5, 0.6) is 0 Å². The van der Waals surface area contributed by atoms with E-state index in [1.165, 1.54) is 44.1 Å². The summed E-state index contributed by atoms with van der Waals surface area (Å²) in [4.78, 5) is 12.0. The van der Waals surface area contributed by atoms with Crippen LogP contribution in [0.15, 0.2) is 12.2 Å². The third kappa shape index (κ3) is 1.64. The van der Waals surface area contributed by atoms with Crippen LogP contribution in [0.25, 0.3) is 0 Å². The van der Waals surface area contributed by atoms with Gasteiger partial charge in [-0.25, -0.2) is 0 Å². The zero-order valence-electron chi connectivity index (χ0n) is 14.7. The SMILES string of the molecule is C=C1CCC2C3CCC4CC(=O)CCC4(C)C3(C)CCC12C. The molecule has 0 aliphatic heterocycles. The Bertz CT molecular complexity index is 534. The van der Waals surface area contributed by atoms with Gasteiger partial charge in [0.05, 0.1) is 0 Å². The highest BCUT2D eigenvalue weighted by Gasteiger charge is 2.64. The topological polar surface area (TPSA) is 17.1 Å². The van der Waals surface area contributed by atoms with E-state index in [9.17, 15) is 4.79 Å². The van der Waals surface area contributed by atoms with Crippen molar-refractivity contribution in [3.63, 3.8) is 0 Å². The second-order valence-corrected chi connectivity index (χ2v) is 9.62. The summed E-state index contributed by atoms with van der Waals surface area (Å²) in [5.74, 6) is 2.90. The van der Waals surface area contributed by atoms with Crippen molar-refractivity contribution in [2.45, 2.75) is 78.6 Å². The van der Waals surface area contributed by atoms with Gasteiger partial charge >= 0.3 is 0 Å². The van der Waals surface area contributed by atoms with E-state index in [0.29, 0.717) is 27.9 Å². The van der Waals surface area contributed by atoms with Gasteiger partial charge in [0, 0.05) is 12.8 Å². The molecule has 0 spiro atoms. The first kappa shape index (κ1) is 15.0. The second-order valence-electron chi connectivity index (χ2n) is 9.62. The summed E-state index contributed by atoms with van der Waals surface area (Å²) in [5, 5.41) is 0. The lowest BCUT2D eigenvalue weighted by molar-refractivity contribution is -0.169. The molecule has 0 aromatic heterocycles. The number of hydrogen-bond acceptors (Lipinski definition) is 1. The third-order valence-electron chi connectivity index (χ3n) is 9.28. The van der Waals surface area contributed by atoms with Gasteiger partial charge in [-0.15, -0.1) is 0 Å². The van der Waals surface area contributed by atoms with Gasteiger partial charge < -0.3 is 0 Å². The molecule has 22 heavy (non-hydrogen) atoms. The molecule has 1 nitrogen and oxygen atoms in total. The number of carbonyl (C=O) groups is 1. The number of hydrogen-bond donors (Lipinski definition) is 0. The Morgan fingerprint density at radius 2 is 1.68 bits per heavy atom. The van der Waals surface area contributed by atoms with Crippen LogP contribution in [0, 0.1) is 34.0 Å². The predicted octanol–water partition coefficient (Wildman–Crippen LogP) is 5.54. The minimum atomic E-state index is 0.398. The Balaban J connectivity index is 1.72. The lowest BCUT2D eigenvalue weighted by Gasteiger charge is -2.66. The highest BCUT2D eigenvalue weighted by molar-refractivity contribution is 5.79. The molecule has 0 radical (unpaired) electrons. The van der Waals surface area contributed by atoms with Crippen molar-refractivity contribution < 1.29 is 4.79 Å². The smallest absolute Gasteiger partial charge is 0.133 e. The van der Waals surface area contributed by atoms with Crippen molar-refractivity contribution in [3.05, 3.63) is 12.2 Å². The van der Waals surface area contributed by atoms with Crippen molar-refractivity contribution in [2.24, 2.45) is 34.0 Å². The lowest BCUT2D eigenvalue weighted by Crippen LogP contribution is -2.59. The van der Waals surface area contributed by atoms with Gasteiger partial charge in [0.15, 0.2) is 0 Å². The average Bonchev–Trinajstić information content (AvgIpc) is 2.77. The Morgan fingerprint density at radius 1 is 0.909 bits per heavy atom. The molecule has 0 aromatic carbocycles. The summed E-state index contributed by atoms with van der Waals surface area (Å²) < 4.78 is 0. The van der Waals surface area contributed by atoms with Crippen molar-refractivity contribution >= 4 is 5.78 Å². The fourth-order valence-electron chi connectivity index (χ4n) is 7.34. The number of rotatable bonds is 0. The molecule has 6 atom stereocenters. The molecule has 0 amide bonds. The Labute approximate surface area is 135 Å². The molecular formula is C21H32O. The number of ketones is 1. The Kier molecular flexibility index (Phi) is 3.05. The number of Topliss-reactive ketones (excluding diaryl/α,β-unsaturated/α-hetero) is 1. The maximum Gasteiger partial charge on any atom is 0.133 e. The van der Waals surface area contributed by atoms with Crippen LogP contribution in [0.4, 0.5) is 0 Å². The van der Waals surface area contributed by atoms with E-state index in [2.05, 4.69) is 27.4 Å². The molecule has 0 N–H and O–H groups in total. The van der Waals surface area contributed by atoms with Gasteiger partial charge in [-0.1, -0.05) is 32.9 Å². The zero-order valence-corrected chi connectivity index (χ0v) is 14.7. The molecule has 1 heteroatoms. The van der Waals surface area contributed by atoms with E-state index in [-0.39, 0.29) is 0 Å². The largest absolute Gasteiger partial charge is 0.300 e. The van der Waals surface area contributed by atoms with E-state index < -0.39 is 0 Å². The quantitative estimate of drug-likeness (QED) is 0.536. The van der Waals surface area contributed by atoms with Crippen molar-refractivity contribution in [2.75, 3.05) is 0 Å². The van der Waals surface area contributed by atoms with Crippen molar-refractivity contribution in [1.82, 2.24) is 0 Å². The lowest BCUT2D eigenvalue weighted by atomic mass is 9.39.